The number of amides is 1. The first-order chi connectivity index (χ1) is 6.65. The Morgan fingerprint density at radius 1 is 1.50 bits per heavy atom. The lowest BCUT2D eigenvalue weighted by Crippen LogP contribution is -2.24. The maximum absolute atomic E-state index is 11.1. The van der Waals surface area contributed by atoms with Gasteiger partial charge in [-0.1, -0.05) is 41.1 Å². The minimum atomic E-state index is -0.219. The van der Waals surface area contributed by atoms with Gasteiger partial charge >= 0.3 is 0 Å². The average molecular weight is 256 g/mol. The van der Waals surface area contributed by atoms with Gasteiger partial charge in [-0.05, 0) is 24.5 Å². The third kappa shape index (κ3) is 2.84. The Morgan fingerprint density at radius 3 is 2.64 bits per heavy atom. The lowest BCUT2D eigenvalue weighted by molar-refractivity contribution is -0.121. The Morgan fingerprint density at radius 2 is 2.14 bits per heavy atom. The monoisotopic (exact) mass is 255 g/mol. The highest BCUT2D eigenvalue weighted by atomic mass is 79.9. The predicted octanol–water partition coefficient (Wildman–Crippen LogP) is 2.50. The highest BCUT2D eigenvalue weighted by Crippen LogP contribution is 2.20. The number of carbonyl (C=O) groups is 1. The van der Waals surface area contributed by atoms with Gasteiger partial charge in [-0.15, -0.1) is 0 Å². The maximum atomic E-state index is 11.1. The van der Waals surface area contributed by atoms with Crippen molar-refractivity contribution in [3.05, 3.63) is 34.3 Å². The summed E-state index contributed by atoms with van der Waals surface area (Å²) in [5.41, 5.74) is 6.43. The number of rotatable bonds is 4. The zero-order valence-electron chi connectivity index (χ0n) is 8.16. The lowest BCUT2D eigenvalue weighted by atomic mass is 9.96. The summed E-state index contributed by atoms with van der Waals surface area (Å²) in [6.07, 6.45) is 1.50. The highest BCUT2D eigenvalue weighted by molar-refractivity contribution is 9.10. The topological polar surface area (TPSA) is 43.1 Å². The molecule has 1 rings (SSSR count). The van der Waals surface area contributed by atoms with Crippen molar-refractivity contribution in [2.24, 2.45) is 11.7 Å². The smallest absolute Gasteiger partial charge is 0.220 e. The average Bonchev–Trinajstić information content (AvgIpc) is 2.16. The Labute approximate surface area is 92.6 Å². The van der Waals surface area contributed by atoms with Gasteiger partial charge in [-0.25, -0.2) is 0 Å². The predicted molar refractivity (Wildman–Crippen MR) is 60.8 cm³/mol. The summed E-state index contributed by atoms with van der Waals surface area (Å²) < 4.78 is 1.04. The van der Waals surface area contributed by atoms with Gasteiger partial charge in [0.1, 0.15) is 0 Å². The molecule has 3 heteroatoms. The summed E-state index contributed by atoms with van der Waals surface area (Å²) in [6, 6.07) is 7.91. The van der Waals surface area contributed by atoms with Gasteiger partial charge in [-0.2, -0.15) is 0 Å². The molecule has 0 aliphatic carbocycles. The van der Waals surface area contributed by atoms with Crippen LogP contribution < -0.4 is 5.73 Å². The third-order valence-corrected chi connectivity index (χ3v) is 3.09. The molecule has 0 saturated heterocycles. The fourth-order valence-corrected chi connectivity index (χ4v) is 1.82. The third-order valence-electron chi connectivity index (χ3n) is 2.32. The van der Waals surface area contributed by atoms with E-state index in [0.29, 0.717) is 6.42 Å². The molecule has 1 aromatic carbocycles. The molecule has 0 radical (unpaired) electrons. The van der Waals surface area contributed by atoms with Crippen molar-refractivity contribution >= 4 is 21.8 Å². The Hall–Kier alpha value is -0.830. The molecule has 1 amide bonds. The van der Waals surface area contributed by atoms with E-state index < -0.39 is 0 Å². The molecule has 0 heterocycles. The fourth-order valence-electron chi connectivity index (χ4n) is 1.38. The van der Waals surface area contributed by atoms with Crippen LogP contribution in [0.5, 0.6) is 0 Å². The standard InChI is InChI=1S/C11H14BrNO/c1-2-8(11(13)14)7-9-5-3-4-6-10(9)12/h3-6,8H,2,7H2,1H3,(H2,13,14)/t8-/m1/s1. The normalized spacial score (nSPS) is 12.4. The Balaban J connectivity index is 2.77. The van der Waals surface area contributed by atoms with Crippen molar-refractivity contribution in [3.8, 4) is 0 Å². The zero-order chi connectivity index (χ0) is 10.6. The molecule has 0 unspecified atom stereocenters. The summed E-state index contributed by atoms with van der Waals surface area (Å²) in [6.45, 7) is 1.98. The van der Waals surface area contributed by atoms with Crippen molar-refractivity contribution < 1.29 is 4.79 Å². The van der Waals surface area contributed by atoms with E-state index in [4.69, 9.17) is 5.73 Å². The second kappa shape index (κ2) is 5.15. The molecule has 0 aromatic heterocycles. The molecule has 0 bridgehead atoms. The molecule has 0 saturated carbocycles. The van der Waals surface area contributed by atoms with Crippen LogP contribution >= 0.6 is 15.9 Å². The SMILES string of the molecule is CC[C@H](Cc1ccccc1Br)C(N)=O. The van der Waals surface area contributed by atoms with E-state index in [1.54, 1.807) is 0 Å². The molecule has 0 fully saturated rings. The summed E-state index contributed by atoms with van der Waals surface area (Å²) in [5.74, 6) is -0.281. The second-order valence-corrected chi connectivity index (χ2v) is 4.16. The van der Waals surface area contributed by atoms with E-state index in [1.165, 1.54) is 0 Å². The molecule has 2 nitrogen and oxygen atoms in total. The van der Waals surface area contributed by atoms with E-state index in [2.05, 4.69) is 15.9 Å². The lowest BCUT2D eigenvalue weighted by Gasteiger charge is -2.11. The van der Waals surface area contributed by atoms with Crippen LogP contribution in [0.25, 0.3) is 0 Å². The van der Waals surface area contributed by atoms with Gasteiger partial charge in [0.05, 0.1) is 0 Å². The first kappa shape index (κ1) is 11.2. The first-order valence-electron chi connectivity index (χ1n) is 4.67. The van der Waals surface area contributed by atoms with E-state index >= 15 is 0 Å². The van der Waals surface area contributed by atoms with Gasteiger partial charge in [-0.3, -0.25) is 4.79 Å². The van der Waals surface area contributed by atoms with E-state index in [1.807, 2.05) is 31.2 Å². The van der Waals surface area contributed by atoms with Crippen LogP contribution in [0.4, 0.5) is 0 Å². The van der Waals surface area contributed by atoms with Gasteiger partial charge in [0.15, 0.2) is 0 Å². The number of nitrogens with two attached hydrogens (primary N) is 1. The molecule has 2 N–H and O–H groups in total. The largest absolute Gasteiger partial charge is 0.369 e. The minimum Gasteiger partial charge on any atom is -0.369 e. The first-order valence-corrected chi connectivity index (χ1v) is 5.47. The van der Waals surface area contributed by atoms with E-state index in [9.17, 15) is 4.79 Å². The van der Waals surface area contributed by atoms with Crippen LogP contribution in [0, 0.1) is 5.92 Å². The van der Waals surface area contributed by atoms with Crippen LogP contribution in [0.1, 0.15) is 18.9 Å². The molecule has 1 aromatic rings. The molecule has 0 spiro atoms. The quantitative estimate of drug-likeness (QED) is 0.883. The number of benzene rings is 1. The number of primary amides is 1. The summed E-state index contributed by atoms with van der Waals surface area (Å²) in [5, 5.41) is 0. The second-order valence-electron chi connectivity index (χ2n) is 3.30. The van der Waals surface area contributed by atoms with Crippen molar-refractivity contribution in [1.29, 1.82) is 0 Å². The highest BCUT2D eigenvalue weighted by Gasteiger charge is 2.14. The molecule has 0 aliphatic rings. The zero-order valence-corrected chi connectivity index (χ0v) is 9.75. The fraction of sp³-hybridized carbons (Fsp3) is 0.364. The van der Waals surface area contributed by atoms with Crippen LogP contribution in [0.15, 0.2) is 28.7 Å². The Bertz CT molecular complexity index is 325. The van der Waals surface area contributed by atoms with Gasteiger partial charge in [0.2, 0.25) is 5.91 Å². The molecule has 1 atom stereocenters. The van der Waals surface area contributed by atoms with Crippen LogP contribution in [0.3, 0.4) is 0 Å². The summed E-state index contributed by atoms with van der Waals surface area (Å²) >= 11 is 3.45. The van der Waals surface area contributed by atoms with Gasteiger partial charge in [0, 0.05) is 10.4 Å². The van der Waals surface area contributed by atoms with Crippen molar-refractivity contribution in [3.63, 3.8) is 0 Å². The molecular formula is C11H14BrNO. The number of carbonyl (C=O) groups excluding carboxylic acids is 1. The van der Waals surface area contributed by atoms with Crippen molar-refractivity contribution in [2.45, 2.75) is 19.8 Å². The van der Waals surface area contributed by atoms with Gasteiger partial charge < -0.3 is 5.73 Å². The summed E-state index contributed by atoms with van der Waals surface area (Å²) in [4.78, 5) is 11.1. The van der Waals surface area contributed by atoms with Crippen molar-refractivity contribution in [1.82, 2.24) is 0 Å². The van der Waals surface area contributed by atoms with Crippen molar-refractivity contribution in [2.75, 3.05) is 0 Å². The number of hydrogen-bond acceptors (Lipinski definition) is 1. The van der Waals surface area contributed by atoms with E-state index in [-0.39, 0.29) is 11.8 Å². The van der Waals surface area contributed by atoms with E-state index in [0.717, 1.165) is 16.5 Å². The Kier molecular flexibility index (Phi) is 4.14. The molecule has 14 heavy (non-hydrogen) atoms. The maximum Gasteiger partial charge on any atom is 0.220 e. The van der Waals surface area contributed by atoms with Crippen LogP contribution in [-0.2, 0) is 11.2 Å². The summed E-state index contributed by atoms with van der Waals surface area (Å²) in [7, 11) is 0. The number of halogens is 1. The number of hydrogen-bond donors (Lipinski definition) is 1. The molecular weight excluding hydrogens is 242 g/mol. The van der Waals surface area contributed by atoms with Gasteiger partial charge in [0.25, 0.3) is 0 Å². The minimum absolute atomic E-state index is 0.0614. The van der Waals surface area contributed by atoms with Crippen LogP contribution in [0.2, 0.25) is 0 Å². The van der Waals surface area contributed by atoms with Crippen LogP contribution in [-0.4, -0.2) is 5.91 Å². The molecule has 0 aliphatic heterocycles. The molecule has 76 valence electrons.